The van der Waals surface area contributed by atoms with Gasteiger partial charge < -0.3 is 14.9 Å². The third-order valence-electron chi connectivity index (χ3n) is 3.62. The summed E-state index contributed by atoms with van der Waals surface area (Å²) in [5.41, 5.74) is 2.29. The lowest BCUT2D eigenvalue weighted by Crippen LogP contribution is -2.26. The van der Waals surface area contributed by atoms with Gasteiger partial charge >= 0.3 is 0 Å². The minimum atomic E-state index is -0.686. The number of aryl methyl sites for hydroxylation is 1. The summed E-state index contributed by atoms with van der Waals surface area (Å²) in [5, 5.41) is 19.7. The van der Waals surface area contributed by atoms with Gasteiger partial charge in [0, 0.05) is 0 Å². The fourth-order valence-corrected chi connectivity index (χ4v) is 2.31. The Morgan fingerprint density at radius 3 is 2.45 bits per heavy atom. The van der Waals surface area contributed by atoms with Crippen LogP contribution in [0.15, 0.2) is 18.2 Å². The molecule has 1 aromatic carbocycles. The normalized spacial score (nSPS) is 15.7. The number of benzene rings is 1. The van der Waals surface area contributed by atoms with E-state index < -0.39 is 12.2 Å². The third kappa shape index (κ3) is 4.80. The van der Waals surface area contributed by atoms with Gasteiger partial charge in [-0.25, -0.2) is 0 Å². The van der Waals surface area contributed by atoms with Gasteiger partial charge in [0.05, 0.1) is 18.8 Å². The highest BCUT2D eigenvalue weighted by Crippen LogP contribution is 2.31. The van der Waals surface area contributed by atoms with Crippen molar-refractivity contribution in [2.24, 2.45) is 0 Å². The van der Waals surface area contributed by atoms with Gasteiger partial charge in [-0.05, 0) is 43.7 Å². The molecule has 2 N–H and O–H groups in total. The zero-order chi connectivity index (χ0) is 15.1. The lowest BCUT2D eigenvalue weighted by molar-refractivity contribution is 0.00941. The largest absolute Gasteiger partial charge is 0.493 e. The molecule has 0 spiro atoms. The van der Waals surface area contributed by atoms with Crippen LogP contribution in [-0.2, 0) is 0 Å². The van der Waals surface area contributed by atoms with Crippen molar-refractivity contribution in [3.8, 4) is 5.75 Å². The number of aliphatic hydroxyl groups is 2. The maximum absolute atomic E-state index is 9.99. The molecule has 3 nitrogen and oxygen atoms in total. The zero-order valence-corrected chi connectivity index (χ0v) is 13.1. The molecule has 0 aromatic heterocycles. The van der Waals surface area contributed by atoms with E-state index in [9.17, 15) is 10.2 Å². The van der Waals surface area contributed by atoms with Crippen LogP contribution in [0.4, 0.5) is 0 Å². The summed E-state index contributed by atoms with van der Waals surface area (Å²) in [6.45, 7) is 8.78. The molecule has 20 heavy (non-hydrogen) atoms. The van der Waals surface area contributed by atoms with Crippen LogP contribution in [-0.4, -0.2) is 29.0 Å². The van der Waals surface area contributed by atoms with Gasteiger partial charge in [0.15, 0.2) is 0 Å². The van der Waals surface area contributed by atoms with E-state index in [1.54, 1.807) is 0 Å². The van der Waals surface area contributed by atoms with E-state index in [2.05, 4.69) is 26.8 Å². The summed E-state index contributed by atoms with van der Waals surface area (Å²) >= 11 is 0. The number of hydrogen-bond donors (Lipinski definition) is 2. The first-order chi connectivity index (χ1) is 9.49. The van der Waals surface area contributed by atoms with Crippen LogP contribution in [0.1, 0.15) is 57.1 Å². The molecular weight excluding hydrogens is 252 g/mol. The molecule has 0 radical (unpaired) electrons. The summed E-state index contributed by atoms with van der Waals surface area (Å²) in [6.07, 6.45) is 0.748. The molecule has 0 aliphatic heterocycles. The molecule has 114 valence electrons. The average Bonchev–Trinajstić information content (AvgIpc) is 2.44. The van der Waals surface area contributed by atoms with Crippen LogP contribution in [0, 0.1) is 6.92 Å². The van der Waals surface area contributed by atoms with Gasteiger partial charge in [-0.15, -0.1) is 0 Å². The second kappa shape index (κ2) is 8.28. The molecule has 0 amide bonds. The van der Waals surface area contributed by atoms with Gasteiger partial charge in [-0.1, -0.05) is 38.5 Å². The summed E-state index contributed by atoms with van der Waals surface area (Å²) < 4.78 is 5.79. The Bertz CT molecular complexity index is 403. The highest BCUT2D eigenvalue weighted by molar-refractivity contribution is 5.39. The summed E-state index contributed by atoms with van der Waals surface area (Å²) in [7, 11) is 0. The minimum Gasteiger partial charge on any atom is -0.493 e. The number of rotatable bonds is 8. The molecular formula is C17H28O3. The smallest absolute Gasteiger partial charge is 0.122 e. The Labute approximate surface area is 122 Å². The molecule has 0 aliphatic carbocycles. The summed E-state index contributed by atoms with van der Waals surface area (Å²) in [5.74, 6) is 1.04. The first kappa shape index (κ1) is 17.0. The molecule has 0 saturated carbocycles. The summed E-state index contributed by atoms with van der Waals surface area (Å²) in [4.78, 5) is 0. The van der Waals surface area contributed by atoms with E-state index >= 15 is 0 Å². The molecule has 1 rings (SSSR count). The molecule has 1 aromatic rings. The van der Waals surface area contributed by atoms with Gasteiger partial charge in [0.25, 0.3) is 0 Å². The Morgan fingerprint density at radius 2 is 1.85 bits per heavy atom. The van der Waals surface area contributed by atoms with Crippen LogP contribution in [0.25, 0.3) is 0 Å². The first-order valence-electron chi connectivity index (χ1n) is 7.59. The quantitative estimate of drug-likeness (QED) is 0.767. The molecule has 3 unspecified atom stereocenters. The van der Waals surface area contributed by atoms with Gasteiger partial charge in [0.1, 0.15) is 5.75 Å². The van der Waals surface area contributed by atoms with Gasteiger partial charge in [0.2, 0.25) is 0 Å². The molecule has 0 aliphatic rings. The fraction of sp³-hybridized carbons (Fsp3) is 0.647. The maximum atomic E-state index is 9.99. The Morgan fingerprint density at radius 1 is 1.15 bits per heavy atom. The Hall–Kier alpha value is -1.06. The lowest BCUT2D eigenvalue weighted by atomic mass is 9.91. The van der Waals surface area contributed by atoms with Crippen LogP contribution < -0.4 is 4.74 Å². The monoisotopic (exact) mass is 280 g/mol. The van der Waals surface area contributed by atoms with Crippen LogP contribution in [0.3, 0.4) is 0 Å². The van der Waals surface area contributed by atoms with Crippen molar-refractivity contribution in [3.05, 3.63) is 29.3 Å². The van der Waals surface area contributed by atoms with E-state index in [0.29, 0.717) is 19.4 Å². The van der Waals surface area contributed by atoms with Crippen molar-refractivity contribution in [2.45, 2.75) is 65.1 Å². The van der Waals surface area contributed by atoms with Crippen molar-refractivity contribution in [3.63, 3.8) is 0 Å². The molecule has 0 heterocycles. The Kier molecular flexibility index (Phi) is 7.03. The van der Waals surface area contributed by atoms with E-state index in [4.69, 9.17) is 4.74 Å². The molecule has 0 bridgehead atoms. The fourth-order valence-electron chi connectivity index (χ4n) is 2.31. The summed E-state index contributed by atoms with van der Waals surface area (Å²) in [6, 6.07) is 6.15. The molecule has 3 heteroatoms. The molecule has 3 atom stereocenters. The first-order valence-corrected chi connectivity index (χ1v) is 7.59. The van der Waals surface area contributed by atoms with Crippen molar-refractivity contribution in [1.29, 1.82) is 0 Å². The van der Waals surface area contributed by atoms with E-state index in [-0.39, 0.29) is 5.92 Å². The van der Waals surface area contributed by atoms with Crippen LogP contribution >= 0.6 is 0 Å². The molecule has 0 saturated heterocycles. The van der Waals surface area contributed by atoms with Crippen LogP contribution in [0.5, 0.6) is 5.75 Å². The van der Waals surface area contributed by atoms with Crippen molar-refractivity contribution >= 4 is 0 Å². The van der Waals surface area contributed by atoms with Gasteiger partial charge in [-0.2, -0.15) is 0 Å². The Balaban J connectivity index is 2.84. The van der Waals surface area contributed by atoms with Crippen molar-refractivity contribution in [1.82, 2.24) is 0 Å². The van der Waals surface area contributed by atoms with Gasteiger partial charge in [-0.3, -0.25) is 0 Å². The van der Waals surface area contributed by atoms with E-state index in [1.807, 2.05) is 19.1 Å². The van der Waals surface area contributed by atoms with E-state index in [0.717, 1.165) is 17.7 Å². The van der Waals surface area contributed by atoms with Crippen LogP contribution in [0.2, 0.25) is 0 Å². The molecule has 0 fully saturated rings. The van der Waals surface area contributed by atoms with E-state index in [1.165, 1.54) is 5.56 Å². The van der Waals surface area contributed by atoms with Crippen molar-refractivity contribution in [2.75, 3.05) is 6.61 Å². The number of ether oxygens (including phenoxy) is 1. The maximum Gasteiger partial charge on any atom is 0.122 e. The second-order valence-electron chi connectivity index (χ2n) is 5.57. The predicted molar refractivity (Wildman–Crippen MR) is 82.3 cm³/mol. The minimum absolute atomic E-state index is 0.151. The predicted octanol–water partition coefficient (Wildman–Crippen LogP) is 3.41. The van der Waals surface area contributed by atoms with Crippen molar-refractivity contribution < 1.29 is 14.9 Å². The topological polar surface area (TPSA) is 49.7 Å². The average molecular weight is 280 g/mol. The lowest BCUT2D eigenvalue weighted by Gasteiger charge is -2.22. The third-order valence-corrected chi connectivity index (χ3v) is 3.62. The number of hydrogen-bond acceptors (Lipinski definition) is 3. The SMILES string of the molecule is CCCOc1ccc(C)cc1C(C)CC(O)C(O)CC. The number of aliphatic hydroxyl groups excluding tert-OH is 2. The highest BCUT2D eigenvalue weighted by atomic mass is 16.5. The highest BCUT2D eigenvalue weighted by Gasteiger charge is 2.20. The zero-order valence-electron chi connectivity index (χ0n) is 13.1. The second-order valence-corrected chi connectivity index (χ2v) is 5.57. The standard InChI is InChI=1S/C17H28O3/c1-5-9-20-17-8-7-12(3)10-14(17)13(4)11-16(19)15(18)6-2/h7-8,10,13,15-16,18-19H,5-6,9,11H2,1-4H3.